The predicted octanol–water partition coefficient (Wildman–Crippen LogP) is -1.47. The molecule has 0 aromatic heterocycles. The van der Waals surface area contributed by atoms with Crippen LogP contribution in [0.15, 0.2) is 0 Å². The summed E-state index contributed by atoms with van der Waals surface area (Å²) in [6, 6.07) is -1.04. The van der Waals surface area contributed by atoms with E-state index in [4.69, 9.17) is 21.1 Å². The molecule has 5 nitrogen and oxygen atoms in total. The summed E-state index contributed by atoms with van der Waals surface area (Å²) in [5.41, 5.74) is 5.11. The van der Waals surface area contributed by atoms with E-state index in [0.29, 0.717) is 0 Å². The Balaban J connectivity index is 3.56. The van der Waals surface area contributed by atoms with Gasteiger partial charge in [-0.1, -0.05) is 0 Å². The molecule has 0 aliphatic carbocycles. The zero-order valence-corrected chi connectivity index (χ0v) is 6.10. The van der Waals surface area contributed by atoms with Crippen LogP contribution in [-0.2, 0) is 4.79 Å². The molecule has 2 atom stereocenters. The second kappa shape index (κ2) is 5.06. The molecule has 0 fully saturated rings. The molecule has 5 heteroatoms. The molecule has 0 rings (SSSR count). The number of aliphatic hydroxyl groups is 2. The molecular formula is C6H13NO4. The lowest BCUT2D eigenvalue weighted by atomic mass is 10.1. The van der Waals surface area contributed by atoms with Crippen LogP contribution in [0.3, 0.4) is 0 Å². The first-order valence-electron chi connectivity index (χ1n) is 3.35. The Labute approximate surface area is 64.4 Å². The van der Waals surface area contributed by atoms with Crippen LogP contribution in [0.25, 0.3) is 0 Å². The molecular weight excluding hydrogens is 150 g/mol. The Hall–Kier alpha value is -0.650. The molecule has 0 spiro atoms. The summed E-state index contributed by atoms with van der Waals surface area (Å²) in [5.74, 6) is -1.14. The SMILES string of the molecule is N[C@@H](C[C@H](O)CCO)C(=O)O. The van der Waals surface area contributed by atoms with Gasteiger partial charge in [0.15, 0.2) is 0 Å². The van der Waals surface area contributed by atoms with Crippen molar-refractivity contribution in [2.45, 2.75) is 25.0 Å². The summed E-state index contributed by atoms with van der Waals surface area (Å²) >= 11 is 0. The summed E-state index contributed by atoms with van der Waals surface area (Å²) < 4.78 is 0. The van der Waals surface area contributed by atoms with Crippen LogP contribution >= 0.6 is 0 Å². The van der Waals surface area contributed by atoms with Crippen molar-refractivity contribution in [1.82, 2.24) is 0 Å². The van der Waals surface area contributed by atoms with Gasteiger partial charge in [-0.2, -0.15) is 0 Å². The van der Waals surface area contributed by atoms with Gasteiger partial charge in [-0.25, -0.2) is 0 Å². The van der Waals surface area contributed by atoms with Crippen molar-refractivity contribution >= 4 is 5.97 Å². The van der Waals surface area contributed by atoms with Gasteiger partial charge in [-0.05, 0) is 12.8 Å². The average molecular weight is 163 g/mol. The second-order valence-corrected chi connectivity index (χ2v) is 2.35. The molecule has 0 aromatic rings. The van der Waals surface area contributed by atoms with Crippen LogP contribution in [-0.4, -0.2) is 40.0 Å². The van der Waals surface area contributed by atoms with E-state index in [0.717, 1.165) is 0 Å². The van der Waals surface area contributed by atoms with Crippen LogP contribution in [0.2, 0.25) is 0 Å². The quantitative estimate of drug-likeness (QED) is 0.396. The van der Waals surface area contributed by atoms with Crippen molar-refractivity contribution in [3.63, 3.8) is 0 Å². The Morgan fingerprint density at radius 2 is 2.09 bits per heavy atom. The lowest BCUT2D eigenvalue weighted by Crippen LogP contribution is -2.34. The monoisotopic (exact) mass is 163 g/mol. The van der Waals surface area contributed by atoms with Gasteiger partial charge in [-0.15, -0.1) is 0 Å². The number of rotatable bonds is 5. The zero-order valence-electron chi connectivity index (χ0n) is 6.10. The number of carboxylic acids is 1. The van der Waals surface area contributed by atoms with E-state index in [1.165, 1.54) is 0 Å². The number of carboxylic acid groups (broad SMARTS) is 1. The van der Waals surface area contributed by atoms with Crippen LogP contribution in [0.4, 0.5) is 0 Å². The summed E-state index contributed by atoms with van der Waals surface area (Å²) in [7, 11) is 0. The number of aliphatic hydroxyl groups excluding tert-OH is 2. The summed E-state index contributed by atoms with van der Waals surface area (Å²) in [4.78, 5) is 10.1. The highest BCUT2D eigenvalue weighted by atomic mass is 16.4. The third-order valence-corrected chi connectivity index (χ3v) is 1.31. The van der Waals surface area contributed by atoms with Crippen LogP contribution < -0.4 is 5.73 Å². The van der Waals surface area contributed by atoms with Gasteiger partial charge in [0.05, 0.1) is 6.10 Å². The van der Waals surface area contributed by atoms with Crippen LogP contribution in [0, 0.1) is 0 Å². The van der Waals surface area contributed by atoms with Crippen molar-refractivity contribution < 1.29 is 20.1 Å². The van der Waals surface area contributed by atoms with Gasteiger partial charge in [-0.3, -0.25) is 4.79 Å². The Kier molecular flexibility index (Phi) is 4.76. The predicted molar refractivity (Wildman–Crippen MR) is 37.9 cm³/mol. The number of hydrogen-bond acceptors (Lipinski definition) is 4. The van der Waals surface area contributed by atoms with E-state index in [-0.39, 0.29) is 19.4 Å². The van der Waals surface area contributed by atoms with E-state index in [2.05, 4.69) is 0 Å². The van der Waals surface area contributed by atoms with Crippen LogP contribution in [0.5, 0.6) is 0 Å². The molecule has 5 N–H and O–H groups in total. The van der Waals surface area contributed by atoms with Crippen molar-refractivity contribution in [3.8, 4) is 0 Å². The number of aliphatic carboxylic acids is 1. The van der Waals surface area contributed by atoms with Gasteiger partial charge < -0.3 is 21.1 Å². The normalized spacial score (nSPS) is 15.9. The van der Waals surface area contributed by atoms with Gasteiger partial charge in [0, 0.05) is 6.61 Å². The van der Waals surface area contributed by atoms with E-state index >= 15 is 0 Å². The minimum Gasteiger partial charge on any atom is -0.480 e. The fourth-order valence-electron chi connectivity index (χ4n) is 0.661. The van der Waals surface area contributed by atoms with E-state index in [1.807, 2.05) is 0 Å². The lowest BCUT2D eigenvalue weighted by Gasteiger charge is -2.11. The summed E-state index contributed by atoms with van der Waals surface area (Å²) in [5, 5.41) is 25.6. The van der Waals surface area contributed by atoms with Gasteiger partial charge >= 0.3 is 5.97 Å². The minimum absolute atomic E-state index is 0.0180. The fraction of sp³-hybridized carbons (Fsp3) is 0.833. The molecule has 66 valence electrons. The maximum atomic E-state index is 10.1. The summed E-state index contributed by atoms with van der Waals surface area (Å²) in [6.07, 6.45) is -0.678. The highest BCUT2D eigenvalue weighted by Gasteiger charge is 2.15. The molecule has 0 aliphatic rings. The first-order chi connectivity index (χ1) is 5.07. The van der Waals surface area contributed by atoms with E-state index in [1.54, 1.807) is 0 Å². The van der Waals surface area contributed by atoms with Crippen molar-refractivity contribution in [3.05, 3.63) is 0 Å². The molecule has 0 saturated carbocycles. The molecule has 0 unspecified atom stereocenters. The van der Waals surface area contributed by atoms with Gasteiger partial charge in [0.1, 0.15) is 6.04 Å². The smallest absolute Gasteiger partial charge is 0.320 e. The zero-order chi connectivity index (χ0) is 8.85. The fourth-order valence-corrected chi connectivity index (χ4v) is 0.661. The largest absolute Gasteiger partial charge is 0.480 e. The average Bonchev–Trinajstić information content (AvgIpc) is 1.87. The molecule has 0 bridgehead atoms. The number of hydrogen-bond donors (Lipinski definition) is 4. The highest BCUT2D eigenvalue weighted by molar-refractivity contribution is 5.73. The van der Waals surface area contributed by atoms with Crippen LogP contribution in [0.1, 0.15) is 12.8 Å². The minimum atomic E-state index is -1.14. The standard InChI is InChI=1S/C6H13NO4/c7-5(6(10)11)3-4(9)1-2-8/h4-5,8-9H,1-3,7H2,(H,10,11)/t4-,5+/m1/s1. The Morgan fingerprint density at radius 3 is 2.45 bits per heavy atom. The van der Waals surface area contributed by atoms with E-state index in [9.17, 15) is 4.79 Å². The first-order valence-corrected chi connectivity index (χ1v) is 3.35. The third kappa shape index (κ3) is 4.72. The van der Waals surface area contributed by atoms with Crippen molar-refractivity contribution in [2.24, 2.45) is 5.73 Å². The van der Waals surface area contributed by atoms with Crippen molar-refractivity contribution in [2.75, 3.05) is 6.61 Å². The maximum Gasteiger partial charge on any atom is 0.320 e. The molecule has 0 saturated heterocycles. The topological polar surface area (TPSA) is 104 Å². The number of nitrogens with two attached hydrogens (primary N) is 1. The number of carbonyl (C=O) groups is 1. The molecule has 0 radical (unpaired) electrons. The Bertz CT molecular complexity index is 128. The third-order valence-electron chi connectivity index (χ3n) is 1.31. The second-order valence-electron chi connectivity index (χ2n) is 2.35. The highest BCUT2D eigenvalue weighted by Crippen LogP contribution is 1.99. The first kappa shape index (κ1) is 10.3. The molecule has 0 heterocycles. The lowest BCUT2D eigenvalue weighted by molar-refractivity contribution is -0.139. The Morgan fingerprint density at radius 1 is 1.55 bits per heavy atom. The van der Waals surface area contributed by atoms with Crippen molar-refractivity contribution in [1.29, 1.82) is 0 Å². The molecule has 0 amide bonds. The molecule has 0 aliphatic heterocycles. The molecule has 11 heavy (non-hydrogen) atoms. The maximum absolute atomic E-state index is 10.1. The van der Waals surface area contributed by atoms with Gasteiger partial charge in [0.25, 0.3) is 0 Å². The summed E-state index contributed by atoms with van der Waals surface area (Å²) in [6.45, 7) is -0.159. The van der Waals surface area contributed by atoms with Gasteiger partial charge in [0.2, 0.25) is 0 Å². The van der Waals surface area contributed by atoms with E-state index < -0.39 is 18.1 Å². The molecule has 0 aromatic carbocycles.